The number of allylic oxidation sites excluding steroid dienone is 1. The van der Waals surface area contributed by atoms with E-state index >= 15 is 0 Å². The quantitative estimate of drug-likeness (QED) is 0.231. The van der Waals surface area contributed by atoms with E-state index in [1.165, 1.54) is 12.1 Å². The summed E-state index contributed by atoms with van der Waals surface area (Å²) in [5.41, 5.74) is 11.9. The Balaban J connectivity index is 1.62. The van der Waals surface area contributed by atoms with Crippen LogP contribution in [0.2, 0.25) is 15.1 Å². The Morgan fingerprint density at radius 1 is 0.949 bits per heavy atom. The molecule has 0 saturated heterocycles. The molecule has 9 heteroatoms. The number of nitrogens with zero attached hydrogens (tertiary/aromatic N) is 2. The van der Waals surface area contributed by atoms with Crippen LogP contribution in [-0.2, 0) is 6.42 Å². The first-order valence-corrected chi connectivity index (χ1v) is 13.8. The van der Waals surface area contributed by atoms with Crippen molar-refractivity contribution in [3.8, 4) is 5.69 Å². The predicted molar refractivity (Wildman–Crippen MR) is 157 cm³/mol. The number of halogens is 4. The first kappa shape index (κ1) is 27.3. The average Bonchev–Trinajstić information content (AvgIpc) is 3.25. The zero-order valence-corrected chi connectivity index (χ0v) is 23.5. The van der Waals surface area contributed by atoms with Gasteiger partial charge in [-0.1, -0.05) is 53.4 Å². The third-order valence-corrected chi connectivity index (χ3v) is 7.50. The fourth-order valence-electron chi connectivity index (χ4n) is 4.82. The standard InChI is InChI=1S/C30H26Cl3FN4O/c1-18-15-21(31)10-14-27(18)38-29-20(16-19-7-11-23(34)12-8-19)5-3-2-4-6-24(29)28(37-38)30(39)36-35-26-13-9-22(32)17-25(26)33/h7-17,35H,2-6H2,1H3,(H,36,39)/b20-16+. The number of aromatic nitrogens is 2. The number of hydrogen-bond acceptors (Lipinski definition) is 3. The molecule has 4 aromatic rings. The molecule has 5 rings (SSSR count). The normalized spacial score (nSPS) is 14.4. The van der Waals surface area contributed by atoms with Gasteiger partial charge in [-0.05, 0) is 104 Å². The summed E-state index contributed by atoms with van der Waals surface area (Å²) in [7, 11) is 0. The second kappa shape index (κ2) is 11.8. The minimum absolute atomic E-state index is 0.287. The number of carbonyl (C=O) groups is 1. The van der Waals surface area contributed by atoms with Gasteiger partial charge in [0, 0.05) is 15.6 Å². The number of anilines is 1. The van der Waals surface area contributed by atoms with Crippen molar-refractivity contribution in [2.75, 3.05) is 5.43 Å². The number of carbonyl (C=O) groups excluding carboxylic acids is 1. The second-order valence-corrected chi connectivity index (χ2v) is 10.8. The summed E-state index contributed by atoms with van der Waals surface area (Å²) in [6.07, 6.45) is 6.48. The summed E-state index contributed by atoms with van der Waals surface area (Å²) in [5.74, 6) is -0.672. The van der Waals surface area contributed by atoms with Crippen molar-refractivity contribution >= 4 is 58.0 Å². The summed E-state index contributed by atoms with van der Waals surface area (Å²) in [6.45, 7) is 1.96. The molecule has 0 saturated carbocycles. The number of aryl methyl sites for hydroxylation is 1. The molecule has 0 fully saturated rings. The maximum absolute atomic E-state index is 13.6. The summed E-state index contributed by atoms with van der Waals surface area (Å²) in [5, 5.41) is 6.35. The number of fused-ring (bicyclic) bond motifs is 1. The predicted octanol–water partition coefficient (Wildman–Crippen LogP) is 8.69. The third-order valence-electron chi connectivity index (χ3n) is 6.72. The van der Waals surface area contributed by atoms with Crippen molar-refractivity contribution in [3.63, 3.8) is 0 Å². The molecule has 0 radical (unpaired) electrons. The molecule has 0 unspecified atom stereocenters. The largest absolute Gasteiger partial charge is 0.297 e. The van der Waals surface area contributed by atoms with Crippen LogP contribution in [0.1, 0.15) is 58.6 Å². The Kier molecular flexibility index (Phi) is 8.26. The highest BCUT2D eigenvalue weighted by molar-refractivity contribution is 6.36. The van der Waals surface area contributed by atoms with Gasteiger partial charge in [-0.25, -0.2) is 9.07 Å². The fraction of sp³-hybridized carbons (Fsp3) is 0.200. The number of rotatable bonds is 5. The lowest BCUT2D eigenvalue weighted by Gasteiger charge is -2.18. The van der Waals surface area contributed by atoms with Crippen molar-refractivity contribution in [2.24, 2.45) is 0 Å². The van der Waals surface area contributed by atoms with Crippen molar-refractivity contribution < 1.29 is 9.18 Å². The molecule has 1 aliphatic rings. The van der Waals surface area contributed by atoms with Gasteiger partial charge >= 0.3 is 0 Å². The molecular formula is C30H26Cl3FN4O. The van der Waals surface area contributed by atoms with Gasteiger partial charge in [-0.15, -0.1) is 0 Å². The Morgan fingerprint density at radius 2 is 1.67 bits per heavy atom. The van der Waals surface area contributed by atoms with Crippen molar-refractivity contribution in [1.29, 1.82) is 0 Å². The molecule has 1 aromatic heterocycles. The summed E-state index contributed by atoms with van der Waals surface area (Å²) >= 11 is 18.5. The van der Waals surface area contributed by atoms with Gasteiger partial charge in [0.1, 0.15) is 5.82 Å². The van der Waals surface area contributed by atoms with Crippen LogP contribution >= 0.6 is 34.8 Å². The van der Waals surface area contributed by atoms with E-state index in [-0.39, 0.29) is 11.7 Å². The van der Waals surface area contributed by atoms with Crippen LogP contribution in [0.15, 0.2) is 60.7 Å². The summed E-state index contributed by atoms with van der Waals surface area (Å²) in [6, 6.07) is 17.0. The van der Waals surface area contributed by atoms with Gasteiger partial charge in [-0.2, -0.15) is 5.10 Å². The summed E-state index contributed by atoms with van der Waals surface area (Å²) in [4.78, 5) is 13.6. The van der Waals surface area contributed by atoms with E-state index < -0.39 is 0 Å². The Bertz CT molecular complexity index is 1560. The molecule has 1 aliphatic carbocycles. The van der Waals surface area contributed by atoms with Gasteiger partial charge < -0.3 is 0 Å². The zero-order valence-electron chi connectivity index (χ0n) is 21.2. The Hall–Kier alpha value is -3.32. The molecule has 0 spiro atoms. The molecule has 1 heterocycles. The summed E-state index contributed by atoms with van der Waals surface area (Å²) < 4.78 is 15.4. The lowest BCUT2D eigenvalue weighted by Crippen LogP contribution is -2.30. The molecule has 200 valence electrons. The number of hydrogen-bond donors (Lipinski definition) is 2. The van der Waals surface area contributed by atoms with E-state index in [1.54, 1.807) is 30.3 Å². The molecule has 0 bridgehead atoms. The minimum Gasteiger partial charge on any atom is -0.297 e. The van der Waals surface area contributed by atoms with E-state index in [1.807, 2.05) is 29.8 Å². The molecule has 39 heavy (non-hydrogen) atoms. The van der Waals surface area contributed by atoms with Gasteiger partial charge in [0.15, 0.2) is 5.69 Å². The van der Waals surface area contributed by atoms with Crippen LogP contribution < -0.4 is 10.9 Å². The smallest absolute Gasteiger partial charge is 0.290 e. The van der Waals surface area contributed by atoms with E-state index in [2.05, 4.69) is 16.9 Å². The van der Waals surface area contributed by atoms with Crippen LogP contribution in [0.3, 0.4) is 0 Å². The monoisotopic (exact) mass is 582 g/mol. The van der Waals surface area contributed by atoms with Crippen LogP contribution in [-0.4, -0.2) is 15.7 Å². The SMILES string of the molecule is Cc1cc(Cl)ccc1-n1nc(C(=O)NNc2ccc(Cl)cc2Cl)c2c1/C(=C/c1ccc(F)cc1)CCCCC2. The van der Waals surface area contributed by atoms with E-state index in [4.69, 9.17) is 39.9 Å². The Morgan fingerprint density at radius 3 is 2.41 bits per heavy atom. The van der Waals surface area contributed by atoms with E-state index in [0.29, 0.717) is 32.9 Å². The maximum Gasteiger partial charge on any atom is 0.290 e. The van der Waals surface area contributed by atoms with Crippen molar-refractivity contribution in [2.45, 2.75) is 39.0 Å². The van der Waals surface area contributed by atoms with Crippen LogP contribution in [0.5, 0.6) is 0 Å². The second-order valence-electron chi connectivity index (χ2n) is 9.50. The van der Waals surface area contributed by atoms with Crippen LogP contribution in [0.25, 0.3) is 17.3 Å². The Labute approximate surface area is 241 Å². The van der Waals surface area contributed by atoms with Gasteiger partial charge in [-0.3, -0.25) is 15.6 Å². The van der Waals surface area contributed by atoms with E-state index in [0.717, 1.165) is 59.3 Å². The first-order chi connectivity index (χ1) is 18.8. The van der Waals surface area contributed by atoms with Crippen LogP contribution in [0.4, 0.5) is 10.1 Å². The first-order valence-electron chi connectivity index (χ1n) is 12.7. The number of nitrogens with one attached hydrogen (secondary N) is 2. The zero-order chi connectivity index (χ0) is 27.5. The van der Waals surface area contributed by atoms with Crippen LogP contribution in [0, 0.1) is 12.7 Å². The van der Waals surface area contributed by atoms with Gasteiger partial charge in [0.05, 0.1) is 22.1 Å². The topological polar surface area (TPSA) is 59.0 Å². The average molecular weight is 584 g/mol. The molecule has 1 amide bonds. The highest BCUT2D eigenvalue weighted by Crippen LogP contribution is 2.35. The number of amides is 1. The molecular weight excluding hydrogens is 558 g/mol. The van der Waals surface area contributed by atoms with Gasteiger partial charge in [0.25, 0.3) is 5.91 Å². The van der Waals surface area contributed by atoms with Crippen molar-refractivity contribution in [3.05, 3.63) is 110 Å². The number of benzene rings is 3. The lowest BCUT2D eigenvalue weighted by atomic mass is 9.91. The molecule has 5 nitrogen and oxygen atoms in total. The molecule has 0 atom stereocenters. The highest BCUT2D eigenvalue weighted by Gasteiger charge is 2.27. The third kappa shape index (κ3) is 6.14. The molecule has 3 aromatic carbocycles. The molecule has 2 N–H and O–H groups in total. The van der Waals surface area contributed by atoms with Gasteiger partial charge in [0.2, 0.25) is 0 Å². The molecule has 0 aliphatic heterocycles. The van der Waals surface area contributed by atoms with E-state index in [9.17, 15) is 9.18 Å². The lowest BCUT2D eigenvalue weighted by molar-refractivity contribution is 0.0956. The highest BCUT2D eigenvalue weighted by atomic mass is 35.5. The number of hydrazine groups is 1. The fourth-order valence-corrected chi connectivity index (χ4v) is 5.50. The maximum atomic E-state index is 13.6. The minimum atomic E-state index is -0.385. The van der Waals surface area contributed by atoms with Crippen molar-refractivity contribution in [1.82, 2.24) is 15.2 Å².